The number of nitrogens with two attached hydrogens (primary N) is 1. The van der Waals surface area contributed by atoms with Gasteiger partial charge in [-0.2, -0.15) is 0 Å². The molecule has 4 N–H and O–H groups in total. The number of ether oxygens (including phenoxy) is 2. The van der Waals surface area contributed by atoms with Gasteiger partial charge in [0.1, 0.15) is 0 Å². The zero-order valence-electron chi connectivity index (χ0n) is 16.2. The molecule has 2 aromatic rings. The SMILES string of the molecule is CCOc1cc(CNCCNc2ccc([N+](=O)[O-])cc2Cl)cc(Br)c1OCC(N)=O. The van der Waals surface area contributed by atoms with Crippen molar-refractivity contribution in [1.82, 2.24) is 5.32 Å². The topological polar surface area (TPSA) is 129 Å². The fraction of sp³-hybridized carbons (Fsp3) is 0.316. The van der Waals surface area contributed by atoms with Crippen LogP contribution in [0.2, 0.25) is 5.02 Å². The molecule has 2 aromatic carbocycles. The zero-order valence-corrected chi connectivity index (χ0v) is 18.6. The van der Waals surface area contributed by atoms with Crippen molar-refractivity contribution in [3.63, 3.8) is 0 Å². The van der Waals surface area contributed by atoms with Gasteiger partial charge in [0.05, 0.1) is 26.7 Å². The summed E-state index contributed by atoms with van der Waals surface area (Å²) in [6.07, 6.45) is 0. The third-order valence-corrected chi connectivity index (χ3v) is 4.74. The monoisotopic (exact) mass is 500 g/mol. The maximum absolute atomic E-state index is 11.0. The molecular formula is C19H22BrClN4O5. The fourth-order valence-corrected chi connectivity index (χ4v) is 3.39. The first kappa shape index (κ1) is 23.7. The van der Waals surface area contributed by atoms with Crippen molar-refractivity contribution >= 4 is 44.8 Å². The minimum absolute atomic E-state index is 0.0531. The lowest BCUT2D eigenvalue weighted by atomic mass is 10.2. The van der Waals surface area contributed by atoms with Crippen LogP contribution in [0.25, 0.3) is 0 Å². The summed E-state index contributed by atoms with van der Waals surface area (Å²) in [4.78, 5) is 21.2. The number of benzene rings is 2. The molecule has 0 fully saturated rings. The number of rotatable bonds is 12. The predicted molar refractivity (Wildman–Crippen MR) is 118 cm³/mol. The van der Waals surface area contributed by atoms with Crippen LogP contribution in [0.3, 0.4) is 0 Å². The van der Waals surface area contributed by atoms with Gasteiger partial charge >= 0.3 is 0 Å². The van der Waals surface area contributed by atoms with Crippen LogP contribution >= 0.6 is 27.5 Å². The van der Waals surface area contributed by atoms with Crippen LogP contribution in [-0.4, -0.2) is 37.1 Å². The van der Waals surface area contributed by atoms with Crippen molar-refractivity contribution in [3.8, 4) is 11.5 Å². The number of nitro groups is 1. The highest BCUT2D eigenvalue weighted by atomic mass is 79.9. The quantitative estimate of drug-likeness (QED) is 0.231. The van der Waals surface area contributed by atoms with Crippen molar-refractivity contribution in [2.24, 2.45) is 5.73 Å². The lowest BCUT2D eigenvalue weighted by Crippen LogP contribution is -2.22. The van der Waals surface area contributed by atoms with Gasteiger partial charge in [-0.05, 0) is 46.6 Å². The number of nitro benzene ring substituents is 1. The van der Waals surface area contributed by atoms with Crippen LogP contribution in [0.1, 0.15) is 12.5 Å². The van der Waals surface area contributed by atoms with E-state index in [0.717, 1.165) is 5.56 Å². The molecule has 162 valence electrons. The van der Waals surface area contributed by atoms with Gasteiger partial charge in [-0.1, -0.05) is 11.6 Å². The molecule has 30 heavy (non-hydrogen) atoms. The number of primary amides is 1. The molecule has 0 saturated heterocycles. The Morgan fingerprint density at radius 2 is 2.03 bits per heavy atom. The Kier molecular flexibility index (Phi) is 9.15. The Balaban J connectivity index is 1.90. The molecular weight excluding hydrogens is 480 g/mol. The minimum Gasteiger partial charge on any atom is -0.490 e. The molecule has 11 heteroatoms. The maximum Gasteiger partial charge on any atom is 0.271 e. The summed E-state index contributed by atoms with van der Waals surface area (Å²) >= 11 is 9.49. The number of non-ortho nitro benzene ring substituents is 1. The summed E-state index contributed by atoms with van der Waals surface area (Å²) in [5, 5.41) is 17.5. The summed E-state index contributed by atoms with van der Waals surface area (Å²) in [5.74, 6) is 0.366. The van der Waals surface area contributed by atoms with E-state index >= 15 is 0 Å². The number of nitrogens with zero attached hydrogens (tertiary/aromatic N) is 1. The number of nitrogens with one attached hydrogen (secondary N) is 2. The fourth-order valence-electron chi connectivity index (χ4n) is 2.55. The molecule has 0 aliphatic carbocycles. The summed E-state index contributed by atoms with van der Waals surface area (Å²) in [5.41, 5.74) is 6.66. The average Bonchev–Trinajstić information content (AvgIpc) is 2.68. The molecule has 0 unspecified atom stereocenters. The largest absolute Gasteiger partial charge is 0.490 e. The van der Waals surface area contributed by atoms with E-state index in [9.17, 15) is 14.9 Å². The van der Waals surface area contributed by atoms with Crippen molar-refractivity contribution in [3.05, 3.63) is 55.5 Å². The van der Waals surface area contributed by atoms with Gasteiger partial charge in [-0.15, -0.1) is 0 Å². The molecule has 0 aromatic heterocycles. The van der Waals surface area contributed by atoms with Gasteiger partial charge in [0.2, 0.25) is 0 Å². The maximum atomic E-state index is 11.0. The molecule has 0 heterocycles. The first-order valence-corrected chi connectivity index (χ1v) is 10.2. The summed E-state index contributed by atoms with van der Waals surface area (Å²) < 4.78 is 11.7. The third-order valence-electron chi connectivity index (χ3n) is 3.84. The van der Waals surface area contributed by atoms with Crippen molar-refractivity contribution < 1.29 is 19.2 Å². The zero-order chi connectivity index (χ0) is 22.1. The van der Waals surface area contributed by atoms with E-state index in [4.69, 9.17) is 26.8 Å². The Morgan fingerprint density at radius 3 is 2.67 bits per heavy atom. The highest BCUT2D eigenvalue weighted by Crippen LogP contribution is 2.37. The second-order valence-electron chi connectivity index (χ2n) is 6.12. The first-order valence-electron chi connectivity index (χ1n) is 9.06. The number of hydrogen-bond acceptors (Lipinski definition) is 7. The summed E-state index contributed by atoms with van der Waals surface area (Å²) in [6.45, 7) is 3.80. The second kappa shape index (κ2) is 11.6. The van der Waals surface area contributed by atoms with E-state index in [2.05, 4.69) is 26.6 Å². The number of carbonyl (C=O) groups is 1. The second-order valence-corrected chi connectivity index (χ2v) is 7.38. The van der Waals surface area contributed by atoms with Gasteiger partial charge < -0.3 is 25.8 Å². The number of carbonyl (C=O) groups excluding carboxylic acids is 1. The van der Waals surface area contributed by atoms with Gasteiger partial charge in [0.15, 0.2) is 18.1 Å². The van der Waals surface area contributed by atoms with Crippen LogP contribution in [0, 0.1) is 10.1 Å². The molecule has 0 spiro atoms. The minimum atomic E-state index is -0.573. The van der Waals surface area contributed by atoms with Gasteiger partial charge in [0, 0.05) is 31.8 Å². The molecule has 9 nitrogen and oxygen atoms in total. The number of anilines is 1. The van der Waals surface area contributed by atoms with E-state index in [1.165, 1.54) is 12.1 Å². The van der Waals surface area contributed by atoms with Crippen molar-refractivity contribution in [2.45, 2.75) is 13.5 Å². The normalized spacial score (nSPS) is 10.5. The van der Waals surface area contributed by atoms with E-state index in [1.807, 2.05) is 19.1 Å². The van der Waals surface area contributed by atoms with Crippen molar-refractivity contribution in [1.29, 1.82) is 0 Å². The van der Waals surface area contributed by atoms with E-state index in [0.29, 0.717) is 52.9 Å². The predicted octanol–water partition coefficient (Wildman–Crippen LogP) is 3.48. The highest BCUT2D eigenvalue weighted by molar-refractivity contribution is 9.10. The summed E-state index contributed by atoms with van der Waals surface area (Å²) in [7, 11) is 0. The Bertz CT molecular complexity index is 913. The van der Waals surface area contributed by atoms with Gasteiger partial charge in [-0.3, -0.25) is 14.9 Å². The highest BCUT2D eigenvalue weighted by Gasteiger charge is 2.13. The smallest absolute Gasteiger partial charge is 0.271 e. The van der Waals surface area contributed by atoms with Gasteiger partial charge in [0.25, 0.3) is 11.6 Å². The molecule has 0 bridgehead atoms. The Labute approximate surface area is 187 Å². The van der Waals surface area contributed by atoms with Crippen LogP contribution in [-0.2, 0) is 11.3 Å². The van der Waals surface area contributed by atoms with Crippen LogP contribution < -0.4 is 25.8 Å². The molecule has 2 rings (SSSR count). The average molecular weight is 502 g/mol. The number of halogens is 2. The van der Waals surface area contributed by atoms with E-state index in [-0.39, 0.29) is 12.3 Å². The Morgan fingerprint density at radius 1 is 1.27 bits per heavy atom. The van der Waals surface area contributed by atoms with E-state index in [1.54, 1.807) is 6.07 Å². The standard InChI is InChI=1S/C19H22BrClN4O5/c1-2-29-17-8-12(7-14(20)19(17)30-11-18(22)26)10-23-5-6-24-16-4-3-13(25(27)28)9-15(16)21/h3-4,7-9,23-24H,2,5-6,10-11H2,1H3,(H2,22,26). The molecule has 0 atom stereocenters. The number of amides is 1. The van der Waals surface area contributed by atoms with E-state index < -0.39 is 10.8 Å². The third kappa shape index (κ3) is 7.05. The lowest BCUT2D eigenvalue weighted by molar-refractivity contribution is -0.384. The van der Waals surface area contributed by atoms with Crippen LogP contribution in [0.4, 0.5) is 11.4 Å². The molecule has 0 aliphatic heterocycles. The first-order chi connectivity index (χ1) is 14.3. The summed E-state index contributed by atoms with van der Waals surface area (Å²) in [6, 6.07) is 7.99. The van der Waals surface area contributed by atoms with Gasteiger partial charge in [-0.25, -0.2) is 0 Å². The lowest BCUT2D eigenvalue weighted by Gasteiger charge is -2.15. The molecule has 1 amide bonds. The molecule has 0 aliphatic rings. The molecule has 0 saturated carbocycles. The van der Waals surface area contributed by atoms with Crippen molar-refractivity contribution in [2.75, 3.05) is 31.6 Å². The molecule has 0 radical (unpaired) electrons. The van der Waals surface area contributed by atoms with Crippen LogP contribution in [0.5, 0.6) is 11.5 Å². The number of hydrogen-bond donors (Lipinski definition) is 3. The Hall–Kier alpha value is -2.56. The van der Waals surface area contributed by atoms with Crippen LogP contribution in [0.15, 0.2) is 34.8 Å².